The first-order valence-electron chi connectivity index (χ1n) is 3.64. The second kappa shape index (κ2) is 4.83. The zero-order valence-corrected chi connectivity index (χ0v) is 8.02. The standard InChI is InChI=1S/C9H11NOS/c1-11-9(12-2)10-8-6-4-3-5-7-8/h3-7H,1-2H3/p+1. The highest BCUT2D eigenvalue weighted by Crippen LogP contribution is 1.97. The summed E-state index contributed by atoms with van der Waals surface area (Å²) in [5, 5.41) is 0.807. The summed E-state index contributed by atoms with van der Waals surface area (Å²) in [5.74, 6) is 0. The van der Waals surface area contributed by atoms with Gasteiger partial charge in [0.25, 0.3) is 0 Å². The lowest BCUT2D eigenvalue weighted by Gasteiger charge is -1.92. The predicted molar refractivity (Wildman–Crippen MR) is 52.6 cm³/mol. The average Bonchev–Trinajstić information content (AvgIpc) is 2.16. The Morgan fingerprint density at radius 1 is 1.33 bits per heavy atom. The van der Waals surface area contributed by atoms with Crippen molar-refractivity contribution >= 4 is 22.7 Å². The van der Waals surface area contributed by atoms with E-state index >= 15 is 0 Å². The Morgan fingerprint density at radius 2 is 2.00 bits per heavy atom. The quantitative estimate of drug-likeness (QED) is 0.512. The Kier molecular flexibility index (Phi) is 3.67. The number of para-hydroxylation sites is 1. The number of rotatable bonds is 1. The molecular weight excluding hydrogens is 170 g/mol. The van der Waals surface area contributed by atoms with Gasteiger partial charge in [0.05, 0.1) is 7.11 Å². The highest BCUT2D eigenvalue weighted by Gasteiger charge is 2.02. The molecule has 2 nitrogen and oxygen atoms in total. The number of methoxy groups -OCH3 is 1. The van der Waals surface area contributed by atoms with Crippen molar-refractivity contribution < 1.29 is 9.73 Å². The van der Waals surface area contributed by atoms with Gasteiger partial charge in [0.1, 0.15) is 0 Å². The summed E-state index contributed by atoms with van der Waals surface area (Å²) >= 11 is 1.55. The summed E-state index contributed by atoms with van der Waals surface area (Å²) in [7, 11) is 1.65. The molecular formula is C9H12NOS+. The molecule has 1 rings (SSSR count). The molecule has 0 aromatic heterocycles. The van der Waals surface area contributed by atoms with E-state index in [1.165, 1.54) is 0 Å². The SMILES string of the molecule is COC(=[NH+]c1ccccc1)SC. The van der Waals surface area contributed by atoms with E-state index in [4.69, 9.17) is 4.74 Å². The Morgan fingerprint density at radius 3 is 2.50 bits per heavy atom. The number of hydrogen-bond donors (Lipinski definition) is 1. The molecule has 0 aliphatic carbocycles. The topological polar surface area (TPSA) is 23.2 Å². The molecule has 0 fully saturated rings. The molecule has 3 heteroatoms. The Hall–Kier alpha value is -0.960. The van der Waals surface area contributed by atoms with Crippen LogP contribution in [-0.2, 0) is 4.74 Å². The Balaban J connectivity index is 2.79. The van der Waals surface area contributed by atoms with Crippen molar-refractivity contribution in [2.24, 2.45) is 0 Å². The zero-order chi connectivity index (χ0) is 8.81. The van der Waals surface area contributed by atoms with Crippen LogP contribution in [-0.4, -0.2) is 18.6 Å². The highest BCUT2D eigenvalue weighted by atomic mass is 32.2. The molecule has 0 amide bonds. The molecule has 0 aliphatic heterocycles. The minimum Gasteiger partial charge on any atom is -0.442 e. The molecule has 0 saturated carbocycles. The Labute approximate surface area is 76.7 Å². The summed E-state index contributed by atoms with van der Waals surface area (Å²) in [6.45, 7) is 0. The maximum Gasteiger partial charge on any atom is 0.404 e. The van der Waals surface area contributed by atoms with Crippen molar-refractivity contribution in [1.82, 2.24) is 0 Å². The normalized spacial score (nSPS) is 11.3. The summed E-state index contributed by atoms with van der Waals surface area (Å²) in [6.07, 6.45) is 1.97. The molecule has 0 heterocycles. The third-order valence-electron chi connectivity index (χ3n) is 1.39. The van der Waals surface area contributed by atoms with E-state index in [9.17, 15) is 0 Å². The van der Waals surface area contributed by atoms with Gasteiger partial charge in [0.15, 0.2) is 0 Å². The van der Waals surface area contributed by atoms with E-state index in [1.54, 1.807) is 18.9 Å². The van der Waals surface area contributed by atoms with Crippen LogP contribution >= 0.6 is 11.8 Å². The predicted octanol–water partition coefficient (Wildman–Crippen LogP) is 0.764. The van der Waals surface area contributed by atoms with E-state index in [2.05, 4.69) is 4.99 Å². The van der Waals surface area contributed by atoms with Crippen molar-refractivity contribution in [3.63, 3.8) is 0 Å². The van der Waals surface area contributed by atoms with E-state index in [1.807, 2.05) is 36.6 Å². The molecule has 1 aromatic rings. The average molecular weight is 182 g/mol. The lowest BCUT2D eigenvalue weighted by molar-refractivity contribution is -0.361. The minimum absolute atomic E-state index is 0.807. The van der Waals surface area contributed by atoms with Crippen LogP contribution in [0.15, 0.2) is 30.3 Å². The molecule has 0 spiro atoms. The van der Waals surface area contributed by atoms with Crippen molar-refractivity contribution in [1.29, 1.82) is 0 Å². The van der Waals surface area contributed by atoms with Crippen molar-refractivity contribution in [2.45, 2.75) is 0 Å². The lowest BCUT2D eigenvalue weighted by atomic mass is 10.3. The van der Waals surface area contributed by atoms with Crippen LogP contribution in [0.25, 0.3) is 0 Å². The van der Waals surface area contributed by atoms with Crippen LogP contribution in [0, 0.1) is 0 Å². The number of ether oxygens (including phenoxy) is 1. The van der Waals surface area contributed by atoms with Crippen molar-refractivity contribution in [2.75, 3.05) is 13.4 Å². The molecule has 0 bridgehead atoms. The van der Waals surface area contributed by atoms with E-state index in [0.717, 1.165) is 10.9 Å². The van der Waals surface area contributed by atoms with Crippen LogP contribution in [0.2, 0.25) is 0 Å². The van der Waals surface area contributed by atoms with Gasteiger partial charge in [-0.1, -0.05) is 18.2 Å². The van der Waals surface area contributed by atoms with Gasteiger partial charge in [-0.05, 0) is 18.0 Å². The van der Waals surface area contributed by atoms with Gasteiger partial charge in [-0.25, -0.2) is 0 Å². The maximum atomic E-state index is 5.07. The van der Waals surface area contributed by atoms with E-state index < -0.39 is 0 Å². The monoisotopic (exact) mass is 182 g/mol. The third kappa shape index (κ3) is 2.58. The summed E-state index contributed by atoms with van der Waals surface area (Å²) in [6, 6.07) is 9.94. The zero-order valence-electron chi connectivity index (χ0n) is 7.20. The van der Waals surface area contributed by atoms with Gasteiger partial charge in [-0.3, -0.25) is 0 Å². The van der Waals surface area contributed by atoms with Crippen LogP contribution in [0.3, 0.4) is 0 Å². The van der Waals surface area contributed by atoms with E-state index in [0.29, 0.717) is 0 Å². The van der Waals surface area contributed by atoms with Crippen molar-refractivity contribution in [3.05, 3.63) is 30.3 Å². The van der Waals surface area contributed by atoms with Crippen molar-refractivity contribution in [3.8, 4) is 0 Å². The second-order valence-electron chi connectivity index (χ2n) is 2.19. The van der Waals surface area contributed by atoms with Gasteiger partial charge < -0.3 is 4.74 Å². The largest absolute Gasteiger partial charge is 0.442 e. The minimum atomic E-state index is 0.807. The van der Waals surface area contributed by atoms with E-state index in [-0.39, 0.29) is 0 Å². The first-order valence-corrected chi connectivity index (χ1v) is 4.86. The molecule has 0 atom stereocenters. The number of thioether (sulfide) groups is 1. The van der Waals surface area contributed by atoms with Crippen LogP contribution < -0.4 is 4.99 Å². The summed E-state index contributed by atoms with van der Waals surface area (Å²) in [4.78, 5) is 3.14. The first-order chi connectivity index (χ1) is 5.86. The highest BCUT2D eigenvalue weighted by molar-refractivity contribution is 8.12. The van der Waals surface area contributed by atoms with Crippen LogP contribution in [0.1, 0.15) is 0 Å². The summed E-state index contributed by atoms with van der Waals surface area (Å²) < 4.78 is 5.07. The fourth-order valence-corrected chi connectivity index (χ4v) is 1.21. The fraction of sp³-hybridized carbons (Fsp3) is 0.222. The van der Waals surface area contributed by atoms with Gasteiger partial charge in [-0.15, -0.1) is 0 Å². The molecule has 64 valence electrons. The molecule has 1 aromatic carbocycles. The Bertz CT molecular complexity index is 252. The molecule has 0 aliphatic rings. The first kappa shape index (κ1) is 9.13. The number of benzene rings is 1. The molecule has 12 heavy (non-hydrogen) atoms. The number of hydrogen-bond acceptors (Lipinski definition) is 2. The smallest absolute Gasteiger partial charge is 0.404 e. The lowest BCUT2D eigenvalue weighted by Crippen LogP contribution is -2.65. The fourth-order valence-electron chi connectivity index (χ4n) is 0.825. The molecule has 0 radical (unpaired) electrons. The third-order valence-corrected chi connectivity index (χ3v) is 2.03. The second-order valence-corrected chi connectivity index (χ2v) is 2.97. The van der Waals surface area contributed by atoms with Crippen LogP contribution in [0.4, 0.5) is 5.69 Å². The van der Waals surface area contributed by atoms with Crippen LogP contribution in [0.5, 0.6) is 0 Å². The molecule has 0 saturated heterocycles. The number of nitrogens with one attached hydrogen (secondary N) is 1. The molecule has 0 unspecified atom stereocenters. The van der Waals surface area contributed by atoms with Gasteiger partial charge in [-0.2, -0.15) is 4.99 Å². The van der Waals surface area contributed by atoms with Gasteiger partial charge in [0.2, 0.25) is 5.69 Å². The summed E-state index contributed by atoms with van der Waals surface area (Å²) in [5.41, 5.74) is 1.05. The molecule has 1 N–H and O–H groups in total. The van der Waals surface area contributed by atoms with Gasteiger partial charge >= 0.3 is 5.23 Å². The maximum absolute atomic E-state index is 5.07. The van der Waals surface area contributed by atoms with Gasteiger partial charge in [0, 0.05) is 12.1 Å².